The third kappa shape index (κ3) is 4.35. The SMILES string of the molecule is O=C(c1cccc(Br)c1)N1CCN(c2ccc(-c3noc(C4CCCC4)n3)cn2)CC1. The fourth-order valence-electron chi connectivity index (χ4n) is 4.34. The van der Waals surface area contributed by atoms with E-state index in [0.29, 0.717) is 30.4 Å². The summed E-state index contributed by atoms with van der Waals surface area (Å²) in [5.74, 6) is 2.73. The Morgan fingerprint density at radius 3 is 2.58 bits per heavy atom. The van der Waals surface area contributed by atoms with Gasteiger partial charge in [0.25, 0.3) is 5.91 Å². The van der Waals surface area contributed by atoms with E-state index in [1.54, 1.807) is 6.20 Å². The van der Waals surface area contributed by atoms with Gasteiger partial charge in [0.05, 0.1) is 0 Å². The highest BCUT2D eigenvalue weighted by atomic mass is 79.9. The largest absolute Gasteiger partial charge is 0.353 e. The maximum atomic E-state index is 12.7. The maximum Gasteiger partial charge on any atom is 0.254 e. The van der Waals surface area contributed by atoms with Gasteiger partial charge >= 0.3 is 0 Å². The summed E-state index contributed by atoms with van der Waals surface area (Å²) in [5.41, 5.74) is 1.57. The zero-order valence-corrected chi connectivity index (χ0v) is 18.8. The Morgan fingerprint density at radius 2 is 1.87 bits per heavy atom. The minimum atomic E-state index is 0.0689. The van der Waals surface area contributed by atoms with Crippen molar-refractivity contribution in [3.8, 4) is 11.4 Å². The molecule has 3 aromatic rings. The second-order valence-corrected chi connectivity index (χ2v) is 9.05. The highest BCUT2D eigenvalue weighted by Gasteiger charge is 2.25. The molecule has 1 saturated heterocycles. The van der Waals surface area contributed by atoms with Crippen LogP contribution < -0.4 is 4.90 Å². The van der Waals surface area contributed by atoms with E-state index in [-0.39, 0.29) is 5.91 Å². The molecule has 1 aliphatic carbocycles. The predicted octanol–water partition coefficient (Wildman–Crippen LogP) is 4.51. The number of nitrogens with zero attached hydrogens (tertiary/aromatic N) is 5. The van der Waals surface area contributed by atoms with Crippen LogP contribution in [0.15, 0.2) is 51.6 Å². The number of pyridine rings is 1. The van der Waals surface area contributed by atoms with Crippen LogP contribution in [0.2, 0.25) is 0 Å². The molecule has 0 unspecified atom stereocenters. The van der Waals surface area contributed by atoms with E-state index in [1.165, 1.54) is 12.8 Å². The molecule has 0 radical (unpaired) electrons. The van der Waals surface area contributed by atoms with Gasteiger partial charge in [-0.25, -0.2) is 4.98 Å². The molecule has 0 atom stereocenters. The van der Waals surface area contributed by atoms with Gasteiger partial charge in [-0.2, -0.15) is 4.98 Å². The topological polar surface area (TPSA) is 75.4 Å². The van der Waals surface area contributed by atoms with Gasteiger partial charge < -0.3 is 14.3 Å². The predicted molar refractivity (Wildman–Crippen MR) is 121 cm³/mol. The van der Waals surface area contributed by atoms with Crippen LogP contribution in [-0.2, 0) is 0 Å². The lowest BCUT2D eigenvalue weighted by Gasteiger charge is -2.35. The number of carbonyl (C=O) groups excluding carboxylic acids is 1. The first-order valence-electron chi connectivity index (χ1n) is 10.8. The highest BCUT2D eigenvalue weighted by Crippen LogP contribution is 2.34. The molecule has 0 bridgehead atoms. The fourth-order valence-corrected chi connectivity index (χ4v) is 4.74. The van der Waals surface area contributed by atoms with Crippen LogP contribution in [0.4, 0.5) is 5.82 Å². The first kappa shape index (κ1) is 20.2. The summed E-state index contributed by atoms with van der Waals surface area (Å²) in [7, 11) is 0. The van der Waals surface area contributed by atoms with Gasteiger partial charge in [0.2, 0.25) is 11.7 Å². The number of amides is 1. The van der Waals surface area contributed by atoms with Crippen molar-refractivity contribution in [1.82, 2.24) is 20.0 Å². The Morgan fingerprint density at radius 1 is 1.06 bits per heavy atom. The van der Waals surface area contributed by atoms with Crippen LogP contribution in [-0.4, -0.2) is 52.1 Å². The van der Waals surface area contributed by atoms with E-state index >= 15 is 0 Å². The second-order valence-electron chi connectivity index (χ2n) is 8.13. The van der Waals surface area contributed by atoms with Crippen molar-refractivity contribution >= 4 is 27.7 Å². The van der Waals surface area contributed by atoms with Crippen molar-refractivity contribution in [3.05, 3.63) is 58.5 Å². The van der Waals surface area contributed by atoms with Crippen LogP contribution in [0, 0.1) is 0 Å². The Labute approximate surface area is 189 Å². The molecule has 31 heavy (non-hydrogen) atoms. The van der Waals surface area contributed by atoms with E-state index in [4.69, 9.17) is 4.52 Å². The van der Waals surface area contributed by atoms with Gasteiger partial charge in [0.15, 0.2) is 0 Å². The van der Waals surface area contributed by atoms with E-state index in [0.717, 1.165) is 47.7 Å². The minimum absolute atomic E-state index is 0.0689. The normalized spacial score (nSPS) is 17.3. The summed E-state index contributed by atoms with van der Waals surface area (Å²) in [6.07, 6.45) is 6.54. The molecule has 0 spiro atoms. The Hall–Kier alpha value is -2.74. The van der Waals surface area contributed by atoms with Crippen molar-refractivity contribution in [3.63, 3.8) is 0 Å². The molecular weight excluding hydrogens is 458 g/mol. The molecule has 0 N–H and O–H groups in total. The highest BCUT2D eigenvalue weighted by molar-refractivity contribution is 9.10. The standard InChI is InChI=1S/C23H24BrN5O2/c24-19-7-3-6-17(14-19)23(30)29-12-10-28(11-13-29)20-9-8-18(15-25-20)21-26-22(31-27-21)16-4-1-2-5-16/h3,6-9,14-16H,1-2,4-5,10-13H2. The van der Waals surface area contributed by atoms with Crippen molar-refractivity contribution < 1.29 is 9.32 Å². The summed E-state index contributed by atoms with van der Waals surface area (Å²) < 4.78 is 6.40. The van der Waals surface area contributed by atoms with Crippen molar-refractivity contribution in [2.45, 2.75) is 31.6 Å². The van der Waals surface area contributed by atoms with Crippen LogP contribution in [0.1, 0.15) is 47.8 Å². The number of anilines is 1. The van der Waals surface area contributed by atoms with E-state index in [1.807, 2.05) is 41.3 Å². The summed E-state index contributed by atoms with van der Waals surface area (Å²) in [4.78, 5) is 26.1. The smallest absolute Gasteiger partial charge is 0.254 e. The maximum absolute atomic E-state index is 12.7. The third-order valence-corrected chi connectivity index (χ3v) is 6.61. The molecule has 160 valence electrons. The molecule has 2 aromatic heterocycles. The number of halogens is 1. The lowest BCUT2D eigenvalue weighted by Crippen LogP contribution is -2.49. The van der Waals surface area contributed by atoms with Gasteiger partial charge in [0, 0.05) is 53.9 Å². The van der Waals surface area contributed by atoms with Crippen molar-refractivity contribution in [1.29, 1.82) is 0 Å². The molecule has 5 rings (SSSR count). The van der Waals surface area contributed by atoms with Gasteiger partial charge in [0.1, 0.15) is 5.82 Å². The zero-order chi connectivity index (χ0) is 21.2. The van der Waals surface area contributed by atoms with Crippen molar-refractivity contribution in [2.75, 3.05) is 31.1 Å². The average molecular weight is 482 g/mol. The zero-order valence-electron chi connectivity index (χ0n) is 17.2. The molecule has 2 fully saturated rings. The van der Waals surface area contributed by atoms with Crippen LogP contribution >= 0.6 is 15.9 Å². The van der Waals surface area contributed by atoms with E-state index in [2.05, 4.69) is 36.0 Å². The van der Waals surface area contributed by atoms with Crippen LogP contribution in [0.25, 0.3) is 11.4 Å². The molecule has 1 aliphatic heterocycles. The van der Waals surface area contributed by atoms with Gasteiger partial charge in [-0.1, -0.05) is 40.0 Å². The van der Waals surface area contributed by atoms with Crippen LogP contribution in [0.3, 0.4) is 0 Å². The number of hydrogen-bond acceptors (Lipinski definition) is 6. The van der Waals surface area contributed by atoms with Gasteiger partial charge in [-0.15, -0.1) is 0 Å². The molecule has 7 nitrogen and oxygen atoms in total. The molecule has 1 amide bonds. The number of benzene rings is 1. The molecule has 1 aromatic carbocycles. The average Bonchev–Trinajstić information content (AvgIpc) is 3.51. The molecule has 8 heteroatoms. The number of aromatic nitrogens is 3. The Bertz CT molecular complexity index is 1050. The van der Waals surface area contributed by atoms with Crippen molar-refractivity contribution in [2.24, 2.45) is 0 Å². The Kier molecular flexibility index (Phi) is 5.72. The number of rotatable bonds is 4. The first-order chi connectivity index (χ1) is 15.2. The lowest BCUT2D eigenvalue weighted by molar-refractivity contribution is 0.0746. The molecule has 3 heterocycles. The number of carbonyl (C=O) groups is 1. The molecular formula is C23H24BrN5O2. The molecule has 2 aliphatic rings. The molecule has 1 saturated carbocycles. The summed E-state index contributed by atoms with van der Waals surface area (Å²) in [6, 6.07) is 11.5. The van der Waals surface area contributed by atoms with Gasteiger partial charge in [-0.3, -0.25) is 4.79 Å². The minimum Gasteiger partial charge on any atom is -0.353 e. The fraction of sp³-hybridized carbons (Fsp3) is 0.391. The van der Waals surface area contributed by atoms with E-state index in [9.17, 15) is 4.79 Å². The first-order valence-corrected chi connectivity index (χ1v) is 11.6. The number of piperazine rings is 1. The van der Waals surface area contributed by atoms with E-state index < -0.39 is 0 Å². The summed E-state index contributed by atoms with van der Waals surface area (Å²) >= 11 is 3.43. The summed E-state index contributed by atoms with van der Waals surface area (Å²) in [6.45, 7) is 2.84. The number of hydrogen-bond donors (Lipinski definition) is 0. The monoisotopic (exact) mass is 481 g/mol. The Balaban J connectivity index is 1.21. The van der Waals surface area contributed by atoms with Crippen LogP contribution in [0.5, 0.6) is 0 Å². The third-order valence-electron chi connectivity index (χ3n) is 6.11. The second kappa shape index (κ2) is 8.78. The summed E-state index contributed by atoms with van der Waals surface area (Å²) in [5, 5.41) is 4.15. The van der Waals surface area contributed by atoms with Gasteiger partial charge in [-0.05, 0) is 43.2 Å². The quantitative estimate of drug-likeness (QED) is 0.545. The lowest BCUT2D eigenvalue weighted by atomic mass is 10.1.